The molecule has 5 N–H and O–H groups in total. The van der Waals surface area contributed by atoms with Crippen LogP contribution in [-0.2, 0) is 0 Å². The molecule has 2 fully saturated rings. The largest absolute Gasteiger partial charge is 0.402 e. The van der Waals surface area contributed by atoms with E-state index in [1.54, 1.807) is 18.2 Å². The lowest BCUT2D eigenvalue weighted by atomic mass is 10.1. The van der Waals surface area contributed by atoms with Crippen LogP contribution in [-0.4, -0.2) is 58.9 Å². The highest BCUT2D eigenvalue weighted by Gasteiger charge is 2.24. The predicted octanol–water partition coefficient (Wildman–Crippen LogP) is 2.18. The quantitative estimate of drug-likeness (QED) is 0.443. The number of anilines is 2. The van der Waals surface area contributed by atoms with Gasteiger partial charge in [-0.1, -0.05) is 12.1 Å². The number of allylic oxidation sites excluding steroid dienone is 1. The SMILES string of the molecule is CC(Nc1nc(/N=C(N)/C=C(\N)C2CC2)nc(N2CCN(C)CC2)n1)c1ccc(F)cc1. The molecule has 9 nitrogen and oxygen atoms in total. The molecular weight excluding hydrogens is 409 g/mol. The van der Waals surface area contributed by atoms with Crippen molar-refractivity contribution in [1.29, 1.82) is 0 Å². The maximum absolute atomic E-state index is 13.3. The van der Waals surface area contributed by atoms with Crippen molar-refractivity contribution < 1.29 is 4.39 Å². The van der Waals surface area contributed by atoms with Crippen molar-refractivity contribution in [3.8, 4) is 0 Å². The van der Waals surface area contributed by atoms with Crippen LogP contribution in [0.3, 0.4) is 0 Å². The summed E-state index contributed by atoms with van der Waals surface area (Å²) in [5, 5.41) is 3.28. The highest BCUT2D eigenvalue weighted by Crippen LogP contribution is 2.33. The summed E-state index contributed by atoms with van der Waals surface area (Å²) in [5.41, 5.74) is 13.8. The fourth-order valence-corrected chi connectivity index (χ4v) is 3.50. The Bertz CT molecular complexity index is 993. The molecule has 1 saturated carbocycles. The predicted molar refractivity (Wildman–Crippen MR) is 124 cm³/mol. The summed E-state index contributed by atoms with van der Waals surface area (Å²) >= 11 is 0. The smallest absolute Gasteiger partial charge is 0.257 e. The first-order valence-corrected chi connectivity index (χ1v) is 10.9. The van der Waals surface area contributed by atoms with E-state index in [2.05, 4.69) is 42.1 Å². The second-order valence-electron chi connectivity index (χ2n) is 8.42. The summed E-state index contributed by atoms with van der Waals surface area (Å²) in [5.74, 6) is 1.55. The van der Waals surface area contributed by atoms with Crippen LogP contribution in [0.15, 0.2) is 41.0 Å². The number of piperazine rings is 1. The first kappa shape index (κ1) is 21.9. The van der Waals surface area contributed by atoms with E-state index in [1.807, 2.05) is 6.92 Å². The van der Waals surface area contributed by atoms with Gasteiger partial charge in [-0.15, -0.1) is 0 Å². The van der Waals surface area contributed by atoms with Crippen LogP contribution < -0.4 is 21.7 Å². The van der Waals surface area contributed by atoms with Crippen molar-refractivity contribution in [2.24, 2.45) is 22.4 Å². The number of nitrogens with zero attached hydrogens (tertiary/aromatic N) is 6. The molecule has 2 aliphatic rings. The van der Waals surface area contributed by atoms with Crippen LogP contribution in [0.25, 0.3) is 0 Å². The molecule has 1 aliphatic carbocycles. The zero-order chi connectivity index (χ0) is 22.7. The van der Waals surface area contributed by atoms with Gasteiger partial charge in [-0.2, -0.15) is 19.9 Å². The molecule has 1 aliphatic heterocycles. The third-order valence-corrected chi connectivity index (χ3v) is 5.71. The number of aliphatic imine (C=N–C) groups is 1. The minimum atomic E-state index is -0.274. The van der Waals surface area contributed by atoms with Crippen LogP contribution in [0, 0.1) is 11.7 Å². The Kier molecular flexibility index (Phi) is 6.50. The van der Waals surface area contributed by atoms with Crippen LogP contribution >= 0.6 is 0 Å². The van der Waals surface area contributed by atoms with Crippen molar-refractivity contribution in [2.45, 2.75) is 25.8 Å². The molecule has 0 radical (unpaired) electrons. The van der Waals surface area contributed by atoms with Gasteiger partial charge in [0.15, 0.2) is 0 Å². The Morgan fingerprint density at radius 1 is 1.12 bits per heavy atom. The number of benzene rings is 1. The number of hydrogen-bond acceptors (Lipinski definition) is 8. The molecule has 1 aromatic carbocycles. The second-order valence-corrected chi connectivity index (χ2v) is 8.42. The van der Waals surface area contributed by atoms with Gasteiger partial charge in [0.25, 0.3) is 5.95 Å². The molecule has 0 amide bonds. The van der Waals surface area contributed by atoms with Crippen LogP contribution in [0.5, 0.6) is 0 Å². The van der Waals surface area contributed by atoms with Gasteiger partial charge in [0.05, 0.1) is 6.04 Å². The van der Waals surface area contributed by atoms with Crippen molar-refractivity contribution >= 4 is 23.7 Å². The van der Waals surface area contributed by atoms with E-state index in [9.17, 15) is 4.39 Å². The number of likely N-dealkylation sites (N-methyl/N-ethyl adjacent to an activating group) is 1. The maximum atomic E-state index is 13.3. The first-order valence-electron chi connectivity index (χ1n) is 10.9. The van der Waals surface area contributed by atoms with Gasteiger partial charge < -0.3 is 26.6 Å². The highest BCUT2D eigenvalue weighted by molar-refractivity contribution is 5.93. The van der Waals surface area contributed by atoms with Gasteiger partial charge in [-0.05, 0) is 56.5 Å². The van der Waals surface area contributed by atoms with Gasteiger partial charge in [0, 0.05) is 31.9 Å². The zero-order valence-electron chi connectivity index (χ0n) is 18.5. The maximum Gasteiger partial charge on any atom is 0.257 e. The monoisotopic (exact) mass is 439 g/mol. The Morgan fingerprint density at radius 2 is 1.81 bits per heavy atom. The van der Waals surface area contributed by atoms with Gasteiger partial charge in [0.1, 0.15) is 11.7 Å². The summed E-state index contributed by atoms with van der Waals surface area (Å²) in [6.45, 7) is 5.41. The first-order chi connectivity index (χ1) is 15.4. The molecule has 2 heterocycles. The molecule has 170 valence electrons. The number of halogens is 1. The third-order valence-electron chi connectivity index (χ3n) is 5.71. The van der Waals surface area contributed by atoms with Crippen molar-refractivity contribution in [2.75, 3.05) is 43.4 Å². The summed E-state index contributed by atoms with van der Waals surface area (Å²) < 4.78 is 13.3. The fourth-order valence-electron chi connectivity index (χ4n) is 3.50. The van der Waals surface area contributed by atoms with E-state index in [-0.39, 0.29) is 23.6 Å². The Hall–Kier alpha value is -3.27. The van der Waals surface area contributed by atoms with Crippen molar-refractivity contribution in [3.05, 3.63) is 47.4 Å². The minimum Gasteiger partial charge on any atom is -0.402 e. The molecule has 32 heavy (non-hydrogen) atoms. The molecule has 0 bridgehead atoms. The van der Waals surface area contributed by atoms with Gasteiger partial charge in [-0.3, -0.25) is 0 Å². The molecule has 10 heteroatoms. The Morgan fingerprint density at radius 3 is 2.47 bits per heavy atom. The lowest BCUT2D eigenvalue weighted by Crippen LogP contribution is -2.45. The summed E-state index contributed by atoms with van der Waals surface area (Å²) in [6, 6.07) is 6.20. The van der Waals surface area contributed by atoms with E-state index in [1.165, 1.54) is 12.1 Å². The summed E-state index contributed by atoms with van der Waals surface area (Å²) in [6.07, 6.45) is 3.86. The number of nitrogens with two attached hydrogens (primary N) is 2. The van der Waals surface area contributed by atoms with E-state index in [4.69, 9.17) is 11.5 Å². The summed E-state index contributed by atoms with van der Waals surface area (Å²) in [7, 11) is 2.09. The molecule has 1 unspecified atom stereocenters. The lowest BCUT2D eigenvalue weighted by molar-refractivity contribution is 0.311. The van der Waals surface area contributed by atoms with Crippen molar-refractivity contribution in [1.82, 2.24) is 19.9 Å². The lowest BCUT2D eigenvalue weighted by Gasteiger charge is -2.32. The standard InChI is InChI=1S/C22H30FN9/c1-14(15-5-7-17(23)8-6-15)26-20-28-21(27-19(25)13-18(24)16-3-4-16)30-22(29-20)32-11-9-31(2)10-12-32/h5-8,13-14,16H,3-4,9-12,24H2,1-2H3,(H3,25,26,27,28,29,30)/b18-13-. The van der Waals surface area contributed by atoms with E-state index in [0.717, 1.165) is 50.3 Å². The molecule has 1 aromatic heterocycles. The van der Waals surface area contributed by atoms with Gasteiger partial charge >= 0.3 is 0 Å². The fraction of sp³-hybridized carbons (Fsp3) is 0.455. The molecule has 1 saturated heterocycles. The minimum absolute atomic E-state index is 0.141. The number of amidine groups is 1. The van der Waals surface area contributed by atoms with Gasteiger partial charge in [-0.25, -0.2) is 4.39 Å². The van der Waals surface area contributed by atoms with Gasteiger partial charge in [0.2, 0.25) is 11.9 Å². The number of aromatic nitrogens is 3. The zero-order valence-corrected chi connectivity index (χ0v) is 18.5. The highest BCUT2D eigenvalue weighted by atomic mass is 19.1. The third kappa shape index (κ3) is 5.70. The molecule has 4 rings (SSSR count). The Balaban J connectivity index is 1.60. The average Bonchev–Trinajstić information content (AvgIpc) is 3.60. The Labute approximate surface area is 187 Å². The molecule has 1 atom stereocenters. The molecular formula is C22H30FN9. The van der Waals surface area contributed by atoms with Crippen LogP contribution in [0.1, 0.15) is 31.4 Å². The number of rotatable bonds is 7. The topological polar surface area (TPSA) is 122 Å². The number of hydrogen-bond donors (Lipinski definition) is 3. The van der Waals surface area contributed by atoms with Crippen LogP contribution in [0.4, 0.5) is 22.2 Å². The van der Waals surface area contributed by atoms with E-state index < -0.39 is 0 Å². The normalized spacial score (nSPS) is 19.2. The van der Waals surface area contributed by atoms with E-state index >= 15 is 0 Å². The summed E-state index contributed by atoms with van der Waals surface area (Å²) in [4.78, 5) is 22.4. The number of nitrogens with one attached hydrogen (secondary N) is 1. The molecule has 2 aromatic rings. The second kappa shape index (κ2) is 9.47. The van der Waals surface area contributed by atoms with E-state index in [0.29, 0.717) is 17.8 Å². The van der Waals surface area contributed by atoms with Crippen LogP contribution in [0.2, 0.25) is 0 Å². The molecule has 0 spiro atoms. The average molecular weight is 440 g/mol. The van der Waals surface area contributed by atoms with Crippen molar-refractivity contribution in [3.63, 3.8) is 0 Å².